The zero-order valence-electron chi connectivity index (χ0n) is 18.7. The fourth-order valence-electron chi connectivity index (χ4n) is 3.01. The summed E-state index contributed by atoms with van der Waals surface area (Å²) in [6.45, 7) is 7.39. The van der Waals surface area contributed by atoms with E-state index in [9.17, 15) is 0 Å². The molecule has 0 spiro atoms. The molecule has 0 aromatic carbocycles. The second kappa shape index (κ2) is 10.0. The Kier molecular flexibility index (Phi) is 6.90. The molecule has 5 aromatic heterocycles. The molecule has 1 N–H and O–H groups in total. The molecule has 0 aliphatic rings. The van der Waals surface area contributed by atoms with Gasteiger partial charge in [0.25, 0.3) is 0 Å². The van der Waals surface area contributed by atoms with Gasteiger partial charge in [-0.25, -0.2) is 15.0 Å². The van der Waals surface area contributed by atoms with E-state index >= 15 is 0 Å². The van der Waals surface area contributed by atoms with Gasteiger partial charge in [0.15, 0.2) is 34.6 Å². The van der Waals surface area contributed by atoms with Gasteiger partial charge in [-0.1, -0.05) is 23.2 Å². The zero-order valence-corrected chi connectivity index (χ0v) is 20.3. The first-order chi connectivity index (χ1) is 16.3. The highest BCUT2D eigenvalue weighted by Crippen LogP contribution is 2.24. The Morgan fingerprint density at radius 1 is 0.882 bits per heavy atom. The van der Waals surface area contributed by atoms with Crippen LogP contribution in [0.4, 0.5) is 5.82 Å². The van der Waals surface area contributed by atoms with E-state index in [4.69, 9.17) is 32.0 Å². The second-order valence-electron chi connectivity index (χ2n) is 7.06. The van der Waals surface area contributed by atoms with Gasteiger partial charge in [0.05, 0.1) is 0 Å². The summed E-state index contributed by atoms with van der Waals surface area (Å²) >= 11 is 11.9. The number of aryl methyl sites for hydroxylation is 3. The Morgan fingerprint density at radius 3 is 2.21 bits per heavy atom. The van der Waals surface area contributed by atoms with Gasteiger partial charge >= 0.3 is 0 Å². The maximum absolute atomic E-state index is 5.96. The number of halogens is 2. The summed E-state index contributed by atoms with van der Waals surface area (Å²) in [5.74, 6) is 5.15. The van der Waals surface area contributed by atoms with Crippen molar-refractivity contribution in [3.8, 4) is 23.2 Å². The van der Waals surface area contributed by atoms with Gasteiger partial charge in [0.1, 0.15) is 27.7 Å². The van der Waals surface area contributed by atoms with Gasteiger partial charge in [0.2, 0.25) is 0 Å². The lowest BCUT2D eigenvalue weighted by Gasteiger charge is -2.02. The van der Waals surface area contributed by atoms with Gasteiger partial charge in [-0.05, 0) is 52.0 Å². The van der Waals surface area contributed by atoms with Crippen LogP contribution < -0.4 is 5.43 Å². The third kappa shape index (κ3) is 5.24. The average molecular weight is 499 g/mol. The number of aromatic nitrogens is 6. The van der Waals surface area contributed by atoms with Crippen LogP contribution in [0.2, 0.25) is 10.3 Å². The Balaban J connectivity index is 0.000000161. The number of hydrazone groups is 1. The summed E-state index contributed by atoms with van der Waals surface area (Å²) < 4.78 is 12.8. The fourth-order valence-corrected chi connectivity index (χ4v) is 3.38. The predicted molar refractivity (Wildman–Crippen MR) is 130 cm³/mol. The van der Waals surface area contributed by atoms with Crippen molar-refractivity contribution in [2.24, 2.45) is 5.10 Å². The number of rotatable bonds is 4. The molecule has 174 valence electrons. The molecule has 0 bridgehead atoms. The number of hydrogen-bond acceptors (Lipinski definition) is 9. The number of nitrogens with zero attached hydrogens (tertiary/aromatic N) is 7. The first-order valence-electron chi connectivity index (χ1n) is 10.1. The molecule has 10 nitrogen and oxygen atoms in total. The third-order valence-corrected chi connectivity index (χ3v) is 4.83. The molecule has 0 aliphatic heterocycles. The molecule has 0 unspecified atom stereocenters. The molecule has 34 heavy (non-hydrogen) atoms. The van der Waals surface area contributed by atoms with E-state index in [-0.39, 0.29) is 0 Å². The summed E-state index contributed by atoms with van der Waals surface area (Å²) in [6.07, 6.45) is 1.62. The largest absolute Gasteiger partial charge is 0.458 e. The molecule has 5 aromatic rings. The van der Waals surface area contributed by atoms with Gasteiger partial charge in [-0.2, -0.15) is 5.10 Å². The summed E-state index contributed by atoms with van der Waals surface area (Å²) in [5.41, 5.74) is 3.40. The maximum Gasteiger partial charge on any atom is 0.199 e. The standard InChI is InChI=1S/C11H9ClN4O.C11H11ClN4O/c1-6-3-4-8(17-6)11-13-9(12)5-10-15-14-7(2)16(10)11;1-3-13-16-10-6-9(12)14-11(15-10)8-5-4-7(2)17-8/h3-5H,1-2H3;3-6H,1-2H3,(H,14,15,16)/b;13-3+. The van der Waals surface area contributed by atoms with Gasteiger partial charge < -0.3 is 8.83 Å². The molecule has 5 heterocycles. The summed E-state index contributed by atoms with van der Waals surface area (Å²) in [7, 11) is 0. The van der Waals surface area contributed by atoms with E-state index in [0.29, 0.717) is 44.9 Å². The predicted octanol–water partition coefficient (Wildman–Crippen LogP) is 5.77. The van der Waals surface area contributed by atoms with Crippen LogP contribution in [-0.4, -0.2) is 35.8 Å². The summed E-state index contributed by atoms with van der Waals surface area (Å²) in [6, 6.07) is 10.6. The van der Waals surface area contributed by atoms with Crippen LogP contribution in [0, 0.1) is 20.8 Å². The molecule has 0 saturated heterocycles. The first kappa shape index (κ1) is 23.4. The van der Waals surface area contributed by atoms with E-state index in [1.807, 2.05) is 43.4 Å². The highest BCUT2D eigenvalue weighted by atomic mass is 35.5. The van der Waals surface area contributed by atoms with E-state index in [0.717, 1.165) is 17.3 Å². The van der Waals surface area contributed by atoms with Crippen LogP contribution in [0.5, 0.6) is 0 Å². The Labute approximate surface area is 204 Å². The third-order valence-electron chi connectivity index (χ3n) is 4.45. The van der Waals surface area contributed by atoms with Crippen LogP contribution in [0.25, 0.3) is 28.8 Å². The maximum atomic E-state index is 5.96. The fraction of sp³-hybridized carbons (Fsp3) is 0.182. The molecule has 5 rings (SSSR count). The molecule has 0 amide bonds. The topological polar surface area (TPSA) is 120 Å². The van der Waals surface area contributed by atoms with Crippen LogP contribution in [-0.2, 0) is 0 Å². The van der Waals surface area contributed by atoms with E-state index < -0.39 is 0 Å². The minimum Gasteiger partial charge on any atom is -0.458 e. The van der Waals surface area contributed by atoms with Crippen molar-refractivity contribution in [3.63, 3.8) is 0 Å². The van der Waals surface area contributed by atoms with E-state index in [1.54, 1.807) is 31.3 Å². The number of furan rings is 2. The number of nitrogens with one attached hydrogen (secondary N) is 1. The second-order valence-corrected chi connectivity index (χ2v) is 7.84. The first-order valence-corrected chi connectivity index (χ1v) is 10.9. The molecule has 0 radical (unpaired) electrons. The minimum atomic E-state index is 0.331. The lowest BCUT2D eigenvalue weighted by molar-refractivity contribution is 0.542. The number of hydrogen-bond donors (Lipinski definition) is 1. The van der Waals surface area contributed by atoms with Crippen molar-refractivity contribution in [1.82, 2.24) is 29.5 Å². The minimum absolute atomic E-state index is 0.331. The van der Waals surface area contributed by atoms with Gasteiger partial charge in [-0.15, -0.1) is 10.2 Å². The van der Waals surface area contributed by atoms with Crippen molar-refractivity contribution in [1.29, 1.82) is 0 Å². The van der Waals surface area contributed by atoms with Crippen molar-refractivity contribution in [2.45, 2.75) is 27.7 Å². The average Bonchev–Trinajstić information content (AvgIpc) is 3.52. The van der Waals surface area contributed by atoms with Crippen LogP contribution in [0.15, 0.2) is 50.3 Å². The monoisotopic (exact) mass is 498 g/mol. The van der Waals surface area contributed by atoms with Crippen molar-refractivity contribution < 1.29 is 8.83 Å². The van der Waals surface area contributed by atoms with Crippen LogP contribution in [0.1, 0.15) is 24.3 Å². The van der Waals surface area contributed by atoms with Crippen molar-refractivity contribution >= 4 is 40.9 Å². The van der Waals surface area contributed by atoms with Crippen LogP contribution >= 0.6 is 23.2 Å². The molecule has 0 saturated carbocycles. The molecule has 0 aliphatic carbocycles. The van der Waals surface area contributed by atoms with Gasteiger partial charge in [-0.3, -0.25) is 9.83 Å². The highest BCUT2D eigenvalue weighted by Gasteiger charge is 2.14. The molecule has 0 atom stereocenters. The Hall–Kier alpha value is -3.76. The lowest BCUT2D eigenvalue weighted by atomic mass is 10.4. The Bertz CT molecular complexity index is 1470. The quantitative estimate of drug-likeness (QED) is 0.188. The van der Waals surface area contributed by atoms with Crippen LogP contribution in [0.3, 0.4) is 0 Å². The lowest BCUT2D eigenvalue weighted by Crippen LogP contribution is -1.97. The molecular weight excluding hydrogens is 479 g/mol. The highest BCUT2D eigenvalue weighted by molar-refractivity contribution is 6.30. The molecular formula is C22H20Cl2N8O2. The number of anilines is 1. The van der Waals surface area contributed by atoms with Crippen molar-refractivity contribution in [3.05, 3.63) is 64.0 Å². The summed E-state index contributed by atoms with van der Waals surface area (Å²) in [4.78, 5) is 12.6. The smallest absolute Gasteiger partial charge is 0.199 e. The summed E-state index contributed by atoms with van der Waals surface area (Å²) in [5, 5.41) is 12.6. The Morgan fingerprint density at radius 2 is 1.56 bits per heavy atom. The molecule has 0 fully saturated rings. The normalized spacial score (nSPS) is 11.1. The number of fused-ring (bicyclic) bond motifs is 1. The SMILES string of the molecule is C/C=N/Nc1cc(Cl)nc(-c2ccc(C)o2)n1.Cc1ccc(-c2nc(Cl)cc3nnc(C)n23)o1. The van der Waals surface area contributed by atoms with Gasteiger partial charge in [0, 0.05) is 18.3 Å². The van der Waals surface area contributed by atoms with E-state index in [2.05, 4.69) is 35.7 Å². The van der Waals surface area contributed by atoms with Crippen molar-refractivity contribution in [2.75, 3.05) is 5.43 Å². The molecule has 12 heteroatoms. The zero-order chi connectivity index (χ0) is 24.2. The van der Waals surface area contributed by atoms with E-state index in [1.165, 1.54) is 0 Å².